The van der Waals surface area contributed by atoms with Gasteiger partial charge in [0.1, 0.15) is 0 Å². The van der Waals surface area contributed by atoms with Crippen molar-refractivity contribution in [3.8, 4) is 0 Å². The zero-order chi connectivity index (χ0) is 13.1. The van der Waals surface area contributed by atoms with E-state index in [1.54, 1.807) is 0 Å². The maximum absolute atomic E-state index is 6.00. The van der Waals surface area contributed by atoms with Crippen LogP contribution in [0.3, 0.4) is 0 Å². The van der Waals surface area contributed by atoms with Crippen LogP contribution in [0.1, 0.15) is 19.4 Å². The first-order chi connectivity index (χ1) is 7.84. The smallest absolute Gasteiger partial charge is 0.0410 e. The number of hydrogen-bond acceptors (Lipinski definition) is 2. The lowest BCUT2D eigenvalue weighted by molar-refractivity contribution is 0.209. The van der Waals surface area contributed by atoms with E-state index < -0.39 is 0 Å². The third-order valence-electron chi connectivity index (χ3n) is 2.70. The van der Waals surface area contributed by atoms with Crippen molar-refractivity contribution >= 4 is 27.5 Å². The Morgan fingerprint density at radius 2 is 2.06 bits per heavy atom. The molecule has 1 rings (SSSR count). The van der Waals surface area contributed by atoms with E-state index in [1.807, 2.05) is 18.2 Å². The fraction of sp³-hybridized carbons (Fsp3) is 0.538. The van der Waals surface area contributed by atoms with Gasteiger partial charge in [0.05, 0.1) is 0 Å². The highest BCUT2D eigenvalue weighted by molar-refractivity contribution is 9.10. The van der Waals surface area contributed by atoms with Crippen molar-refractivity contribution in [1.82, 2.24) is 4.90 Å². The van der Waals surface area contributed by atoms with Crippen molar-refractivity contribution in [1.29, 1.82) is 0 Å². The molecule has 0 spiro atoms. The summed E-state index contributed by atoms with van der Waals surface area (Å²) in [6.45, 7) is 6.87. The topological polar surface area (TPSA) is 29.3 Å². The van der Waals surface area contributed by atoms with Gasteiger partial charge < -0.3 is 10.6 Å². The molecule has 96 valence electrons. The molecule has 1 aromatic rings. The Labute approximate surface area is 117 Å². The first kappa shape index (κ1) is 15.0. The van der Waals surface area contributed by atoms with Gasteiger partial charge in [0.25, 0.3) is 0 Å². The number of halogens is 2. The van der Waals surface area contributed by atoms with Crippen molar-refractivity contribution < 1.29 is 0 Å². The minimum Gasteiger partial charge on any atom is -0.330 e. The van der Waals surface area contributed by atoms with Crippen LogP contribution in [0.5, 0.6) is 0 Å². The summed E-state index contributed by atoms with van der Waals surface area (Å²) in [5.41, 5.74) is 7.09. The van der Waals surface area contributed by atoms with Gasteiger partial charge in [-0.05, 0) is 42.8 Å². The van der Waals surface area contributed by atoms with Gasteiger partial charge in [-0.25, -0.2) is 0 Å². The Hall–Kier alpha value is -0.0900. The Bertz CT molecular complexity index is 380. The average Bonchev–Trinajstić information content (AvgIpc) is 2.23. The predicted octanol–water partition coefficient (Wildman–Crippen LogP) is 3.52. The molecule has 0 bridgehead atoms. The first-order valence-corrected chi connectivity index (χ1v) is 6.84. The van der Waals surface area contributed by atoms with E-state index in [-0.39, 0.29) is 5.41 Å². The molecule has 4 heteroatoms. The number of benzene rings is 1. The summed E-state index contributed by atoms with van der Waals surface area (Å²) >= 11 is 9.55. The van der Waals surface area contributed by atoms with Gasteiger partial charge in [0.2, 0.25) is 0 Å². The van der Waals surface area contributed by atoms with E-state index in [0.29, 0.717) is 6.54 Å². The van der Waals surface area contributed by atoms with Crippen LogP contribution in [0, 0.1) is 5.41 Å². The molecule has 0 aliphatic rings. The van der Waals surface area contributed by atoms with E-state index in [1.165, 1.54) is 5.56 Å². The van der Waals surface area contributed by atoms with E-state index >= 15 is 0 Å². The van der Waals surface area contributed by atoms with Crippen LogP contribution in [0.15, 0.2) is 22.7 Å². The quantitative estimate of drug-likeness (QED) is 0.900. The van der Waals surface area contributed by atoms with Gasteiger partial charge in [-0.3, -0.25) is 0 Å². The summed E-state index contributed by atoms with van der Waals surface area (Å²) in [6, 6.07) is 5.87. The number of rotatable bonds is 5. The van der Waals surface area contributed by atoms with Crippen LogP contribution >= 0.6 is 27.5 Å². The molecule has 0 heterocycles. The van der Waals surface area contributed by atoms with Gasteiger partial charge >= 0.3 is 0 Å². The van der Waals surface area contributed by atoms with Crippen LogP contribution in [0.25, 0.3) is 0 Å². The maximum atomic E-state index is 6.00. The van der Waals surface area contributed by atoms with Crippen molar-refractivity contribution in [2.45, 2.75) is 20.4 Å². The summed E-state index contributed by atoms with van der Waals surface area (Å²) in [4.78, 5) is 2.27. The molecule has 1 aromatic carbocycles. The average molecular weight is 320 g/mol. The van der Waals surface area contributed by atoms with Crippen LogP contribution < -0.4 is 5.73 Å². The highest BCUT2D eigenvalue weighted by Gasteiger charge is 2.18. The summed E-state index contributed by atoms with van der Waals surface area (Å²) in [7, 11) is 2.10. The minimum absolute atomic E-state index is 0.139. The summed E-state index contributed by atoms with van der Waals surface area (Å²) in [5.74, 6) is 0. The van der Waals surface area contributed by atoms with Crippen LogP contribution in [-0.2, 0) is 6.54 Å². The molecule has 0 saturated heterocycles. The van der Waals surface area contributed by atoms with Crippen molar-refractivity contribution in [3.63, 3.8) is 0 Å². The molecule has 0 radical (unpaired) electrons. The molecule has 0 saturated carbocycles. The van der Waals surface area contributed by atoms with Crippen LogP contribution in [0.4, 0.5) is 0 Å². The third-order valence-corrected chi connectivity index (χ3v) is 3.71. The molecule has 0 unspecified atom stereocenters. The zero-order valence-corrected chi connectivity index (χ0v) is 13.0. The monoisotopic (exact) mass is 318 g/mol. The van der Waals surface area contributed by atoms with Crippen molar-refractivity contribution in [2.24, 2.45) is 11.1 Å². The molecule has 0 atom stereocenters. The Morgan fingerprint density at radius 1 is 1.41 bits per heavy atom. The second-order valence-corrected chi connectivity index (χ2v) is 6.57. The van der Waals surface area contributed by atoms with Gasteiger partial charge in [-0.1, -0.05) is 41.4 Å². The Balaban J connectivity index is 2.68. The molecular formula is C13H20BrClN2. The number of hydrogen-bond donors (Lipinski definition) is 1. The van der Waals surface area contributed by atoms with Crippen molar-refractivity contribution in [2.75, 3.05) is 20.1 Å². The molecule has 0 aromatic heterocycles. The van der Waals surface area contributed by atoms with Gasteiger partial charge in [-0.2, -0.15) is 0 Å². The van der Waals surface area contributed by atoms with E-state index in [0.717, 1.165) is 22.6 Å². The molecule has 2 N–H and O–H groups in total. The lowest BCUT2D eigenvalue weighted by Crippen LogP contribution is -2.36. The van der Waals surface area contributed by atoms with Gasteiger partial charge in [0, 0.05) is 22.6 Å². The minimum atomic E-state index is 0.139. The lowest BCUT2D eigenvalue weighted by atomic mass is 9.93. The Kier molecular flexibility index (Phi) is 5.45. The standard InChI is InChI=1S/C13H20BrClN2/c1-13(2,8-16)9-17(3)7-10-6-11(15)4-5-12(10)14/h4-6H,7-9,16H2,1-3H3. The zero-order valence-electron chi connectivity index (χ0n) is 10.6. The second kappa shape index (κ2) is 6.19. The van der Waals surface area contributed by atoms with E-state index in [2.05, 4.69) is 41.7 Å². The maximum Gasteiger partial charge on any atom is 0.0410 e. The molecule has 0 aliphatic heterocycles. The highest BCUT2D eigenvalue weighted by atomic mass is 79.9. The first-order valence-electron chi connectivity index (χ1n) is 5.66. The SMILES string of the molecule is CN(Cc1cc(Cl)ccc1Br)CC(C)(C)CN. The van der Waals surface area contributed by atoms with Gasteiger partial charge in [0.15, 0.2) is 0 Å². The largest absolute Gasteiger partial charge is 0.330 e. The van der Waals surface area contributed by atoms with Crippen molar-refractivity contribution in [3.05, 3.63) is 33.3 Å². The summed E-state index contributed by atoms with van der Waals surface area (Å²) in [5, 5.41) is 0.773. The fourth-order valence-corrected chi connectivity index (χ4v) is 2.37. The van der Waals surface area contributed by atoms with E-state index in [4.69, 9.17) is 17.3 Å². The molecule has 2 nitrogen and oxygen atoms in total. The summed E-state index contributed by atoms with van der Waals surface area (Å²) < 4.78 is 1.10. The van der Waals surface area contributed by atoms with Crippen LogP contribution in [-0.4, -0.2) is 25.0 Å². The fourth-order valence-electron chi connectivity index (χ4n) is 1.81. The van der Waals surface area contributed by atoms with E-state index in [9.17, 15) is 0 Å². The molecule has 0 amide bonds. The Morgan fingerprint density at radius 3 is 2.65 bits per heavy atom. The van der Waals surface area contributed by atoms with Crippen LogP contribution in [0.2, 0.25) is 5.02 Å². The number of nitrogens with two attached hydrogens (primary N) is 1. The molecular weight excluding hydrogens is 300 g/mol. The molecule has 0 fully saturated rings. The predicted molar refractivity (Wildman–Crippen MR) is 78.3 cm³/mol. The normalized spacial score (nSPS) is 12.2. The molecule has 17 heavy (non-hydrogen) atoms. The highest BCUT2D eigenvalue weighted by Crippen LogP contribution is 2.23. The summed E-state index contributed by atoms with van der Waals surface area (Å²) in [6.07, 6.45) is 0. The lowest BCUT2D eigenvalue weighted by Gasteiger charge is -2.29. The second-order valence-electron chi connectivity index (χ2n) is 5.28. The third kappa shape index (κ3) is 4.96. The number of nitrogens with zero attached hydrogens (tertiary/aromatic N) is 1. The van der Waals surface area contributed by atoms with Gasteiger partial charge in [-0.15, -0.1) is 0 Å². The molecule has 0 aliphatic carbocycles.